The first-order valence-corrected chi connectivity index (χ1v) is 12.6. The van der Waals surface area contributed by atoms with Crippen LogP contribution < -0.4 is 0 Å². The van der Waals surface area contributed by atoms with Crippen molar-refractivity contribution < 1.29 is 8.78 Å². The molecule has 0 N–H and O–H groups in total. The number of para-hydroxylation sites is 2. The van der Waals surface area contributed by atoms with E-state index in [0.717, 1.165) is 55.8 Å². The van der Waals surface area contributed by atoms with E-state index in [9.17, 15) is 8.78 Å². The Morgan fingerprint density at radius 2 is 0.675 bits per heavy atom. The van der Waals surface area contributed by atoms with Gasteiger partial charge in [0.05, 0.1) is 22.4 Å². The predicted molar refractivity (Wildman–Crippen MR) is 155 cm³/mol. The molecule has 0 aliphatic rings. The van der Waals surface area contributed by atoms with Gasteiger partial charge in [-0.3, -0.25) is 0 Å². The van der Waals surface area contributed by atoms with Crippen LogP contribution in [0.3, 0.4) is 0 Å². The molecule has 0 aliphatic heterocycles. The van der Waals surface area contributed by atoms with Crippen molar-refractivity contribution in [3.63, 3.8) is 0 Å². The average molecular weight is 519 g/mol. The minimum absolute atomic E-state index is 0.283. The van der Waals surface area contributed by atoms with Crippen molar-refractivity contribution in [3.05, 3.63) is 155 Å². The highest BCUT2D eigenvalue weighted by Crippen LogP contribution is 2.31. The number of hydrogen-bond acceptors (Lipinski definition) is 2. The molecule has 0 amide bonds. The first-order chi connectivity index (χ1) is 19.6. The molecule has 188 valence electrons. The molecule has 0 fully saturated rings. The Morgan fingerprint density at radius 3 is 1.00 bits per heavy atom. The van der Waals surface area contributed by atoms with Crippen LogP contribution in [0.5, 0.6) is 0 Å². The van der Waals surface area contributed by atoms with Gasteiger partial charge in [-0.2, -0.15) is 0 Å². The van der Waals surface area contributed by atoms with Crippen LogP contribution in [-0.2, 0) is 0 Å². The van der Waals surface area contributed by atoms with Crippen LogP contribution in [0.15, 0.2) is 121 Å². The summed E-state index contributed by atoms with van der Waals surface area (Å²) in [6.07, 6.45) is 0. The fourth-order valence-electron chi connectivity index (χ4n) is 4.18. The third-order valence-corrected chi connectivity index (χ3v) is 6.28. The van der Waals surface area contributed by atoms with Crippen molar-refractivity contribution in [2.75, 3.05) is 0 Å². The Hall–Kier alpha value is -5.58. The topological polar surface area (TPSA) is 25.8 Å². The maximum atomic E-state index is 13.2. The lowest BCUT2D eigenvalue weighted by atomic mass is 10.0. The molecular weight excluding hydrogens is 498 g/mol. The smallest absolute Gasteiger partial charge is 0.123 e. The summed E-state index contributed by atoms with van der Waals surface area (Å²) in [6, 6.07) is 35.8. The molecule has 6 aromatic rings. The van der Waals surface area contributed by atoms with Gasteiger partial charge in [-0.25, -0.2) is 18.7 Å². The van der Waals surface area contributed by atoms with Crippen LogP contribution in [0.1, 0.15) is 22.3 Å². The Kier molecular flexibility index (Phi) is 6.82. The zero-order valence-electron chi connectivity index (χ0n) is 21.2. The predicted octanol–water partition coefficient (Wildman–Crippen LogP) is 8.04. The fraction of sp³-hybridized carbons (Fsp3) is 0. The summed E-state index contributed by atoms with van der Waals surface area (Å²) in [5.41, 5.74) is 8.16. The molecule has 0 saturated carbocycles. The summed E-state index contributed by atoms with van der Waals surface area (Å²) in [7, 11) is 0. The molecular formula is C36H20F2N2. The monoisotopic (exact) mass is 518 g/mol. The van der Waals surface area contributed by atoms with Crippen molar-refractivity contribution in [1.82, 2.24) is 9.97 Å². The molecule has 40 heavy (non-hydrogen) atoms. The van der Waals surface area contributed by atoms with Gasteiger partial charge in [0.15, 0.2) is 0 Å². The van der Waals surface area contributed by atoms with E-state index >= 15 is 0 Å². The highest BCUT2D eigenvalue weighted by Gasteiger charge is 2.13. The number of benzene rings is 5. The molecule has 0 unspecified atom stereocenters. The largest absolute Gasteiger partial charge is 0.244 e. The standard InChI is InChI=1S/C36H20F2N2/c37-31-21-13-27(14-22-31)7-5-25-9-17-29(18-10-25)35-36(40-34-4-2-1-3-33(34)39-35)30-19-11-26(12-20-30)6-8-28-15-23-32(38)24-16-28/h1-4,9-24H. The van der Waals surface area contributed by atoms with Crippen LogP contribution in [-0.4, -0.2) is 9.97 Å². The van der Waals surface area contributed by atoms with Gasteiger partial charge >= 0.3 is 0 Å². The summed E-state index contributed by atoms with van der Waals surface area (Å²) in [5, 5.41) is 0. The molecule has 6 rings (SSSR count). The molecule has 1 heterocycles. The zero-order chi connectivity index (χ0) is 27.3. The second kappa shape index (κ2) is 11.0. The molecule has 4 heteroatoms. The minimum atomic E-state index is -0.283. The number of halogens is 2. The van der Waals surface area contributed by atoms with Gasteiger partial charge in [0.1, 0.15) is 11.6 Å². The third kappa shape index (κ3) is 5.63. The lowest BCUT2D eigenvalue weighted by Crippen LogP contribution is -1.95. The van der Waals surface area contributed by atoms with E-state index in [-0.39, 0.29) is 11.6 Å². The first-order valence-electron chi connectivity index (χ1n) is 12.6. The molecule has 0 radical (unpaired) electrons. The van der Waals surface area contributed by atoms with Crippen LogP contribution >= 0.6 is 0 Å². The number of fused-ring (bicyclic) bond motifs is 1. The van der Waals surface area contributed by atoms with Gasteiger partial charge in [0.25, 0.3) is 0 Å². The number of rotatable bonds is 2. The number of nitrogens with zero attached hydrogens (tertiary/aromatic N) is 2. The fourth-order valence-corrected chi connectivity index (χ4v) is 4.18. The molecule has 0 atom stereocenters. The van der Waals surface area contributed by atoms with Gasteiger partial charge in [0.2, 0.25) is 0 Å². The first kappa shape index (κ1) is 24.7. The summed E-state index contributed by atoms with van der Waals surface area (Å²) in [5.74, 6) is 11.8. The highest BCUT2D eigenvalue weighted by molar-refractivity contribution is 5.86. The van der Waals surface area contributed by atoms with Crippen molar-refractivity contribution in [1.29, 1.82) is 0 Å². The maximum Gasteiger partial charge on any atom is 0.123 e. The lowest BCUT2D eigenvalue weighted by Gasteiger charge is -2.11. The highest BCUT2D eigenvalue weighted by atomic mass is 19.1. The summed E-state index contributed by atoms with van der Waals surface area (Å²) in [4.78, 5) is 9.93. The van der Waals surface area contributed by atoms with Gasteiger partial charge in [0, 0.05) is 33.4 Å². The lowest BCUT2D eigenvalue weighted by molar-refractivity contribution is 0.627. The van der Waals surface area contributed by atoms with Gasteiger partial charge in [-0.15, -0.1) is 0 Å². The maximum absolute atomic E-state index is 13.2. The van der Waals surface area contributed by atoms with Crippen LogP contribution in [0.2, 0.25) is 0 Å². The van der Waals surface area contributed by atoms with Crippen molar-refractivity contribution >= 4 is 11.0 Å². The summed E-state index contributed by atoms with van der Waals surface area (Å²) >= 11 is 0. The molecule has 1 aromatic heterocycles. The third-order valence-electron chi connectivity index (χ3n) is 6.28. The Bertz CT molecular complexity index is 1790. The van der Waals surface area contributed by atoms with E-state index in [1.165, 1.54) is 24.3 Å². The van der Waals surface area contributed by atoms with Gasteiger partial charge in [-0.05, 0) is 84.9 Å². The molecule has 5 aromatic carbocycles. The van der Waals surface area contributed by atoms with Crippen LogP contribution in [0.25, 0.3) is 33.5 Å². The second-order valence-corrected chi connectivity index (χ2v) is 9.08. The molecule has 2 nitrogen and oxygen atoms in total. The normalized spacial score (nSPS) is 10.3. The number of hydrogen-bond donors (Lipinski definition) is 0. The summed E-state index contributed by atoms with van der Waals surface area (Å²) in [6.45, 7) is 0. The zero-order valence-corrected chi connectivity index (χ0v) is 21.2. The van der Waals surface area contributed by atoms with Gasteiger partial charge < -0.3 is 0 Å². The van der Waals surface area contributed by atoms with Crippen molar-refractivity contribution in [3.8, 4) is 46.2 Å². The molecule has 0 aliphatic carbocycles. The minimum Gasteiger partial charge on any atom is -0.244 e. The molecule has 0 saturated heterocycles. The summed E-state index contributed by atoms with van der Waals surface area (Å²) < 4.78 is 26.3. The molecule has 0 spiro atoms. The van der Waals surface area contributed by atoms with E-state index in [4.69, 9.17) is 9.97 Å². The second-order valence-electron chi connectivity index (χ2n) is 9.08. The van der Waals surface area contributed by atoms with E-state index in [1.54, 1.807) is 24.3 Å². The van der Waals surface area contributed by atoms with Crippen molar-refractivity contribution in [2.45, 2.75) is 0 Å². The van der Waals surface area contributed by atoms with E-state index < -0.39 is 0 Å². The van der Waals surface area contributed by atoms with E-state index in [0.29, 0.717) is 0 Å². The van der Waals surface area contributed by atoms with E-state index in [2.05, 4.69) is 23.7 Å². The van der Waals surface area contributed by atoms with Crippen molar-refractivity contribution in [2.24, 2.45) is 0 Å². The van der Waals surface area contributed by atoms with Gasteiger partial charge in [-0.1, -0.05) is 60.1 Å². The average Bonchev–Trinajstić information content (AvgIpc) is 3.00. The Labute approximate surface area is 231 Å². The molecule has 0 bridgehead atoms. The Morgan fingerprint density at radius 1 is 0.375 bits per heavy atom. The number of aromatic nitrogens is 2. The quantitative estimate of drug-likeness (QED) is 0.217. The van der Waals surface area contributed by atoms with Crippen LogP contribution in [0, 0.1) is 35.3 Å². The van der Waals surface area contributed by atoms with Crippen LogP contribution in [0.4, 0.5) is 8.78 Å². The van der Waals surface area contributed by atoms with E-state index in [1.807, 2.05) is 72.8 Å². The Balaban J connectivity index is 1.33. The SMILES string of the molecule is Fc1ccc(C#Cc2ccc(-c3nc4ccccc4nc3-c3ccc(C#Cc4ccc(F)cc4)cc3)cc2)cc1.